The van der Waals surface area contributed by atoms with Crippen LogP contribution in [0.1, 0.15) is 35.6 Å². The molecule has 0 atom stereocenters. The second-order valence-electron chi connectivity index (χ2n) is 8.54. The fourth-order valence-electron chi connectivity index (χ4n) is 4.38. The second-order valence-corrected chi connectivity index (χ2v) is 8.54. The molecule has 0 bridgehead atoms. The van der Waals surface area contributed by atoms with Gasteiger partial charge in [0, 0.05) is 13.6 Å². The predicted octanol–water partition coefficient (Wildman–Crippen LogP) is 5.92. The van der Waals surface area contributed by atoms with Gasteiger partial charge in [0.2, 0.25) is 11.7 Å². The summed E-state index contributed by atoms with van der Waals surface area (Å²) in [6.07, 6.45) is 2.09. The molecule has 6 heteroatoms. The lowest BCUT2D eigenvalue weighted by molar-refractivity contribution is -0.129. The first kappa shape index (κ1) is 24.1. The van der Waals surface area contributed by atoms with Crippen molar-refractivity contribution in [2.45, 2.75) is 19.9 Å². The van der Waals surface area contributed by atoms with Gasteiger partial charge in [-0.1, -0.05) is 36.4 Å². The Balaban J connectivity index is 1.71. The first-order valence-electron chi connectivity index (χ1n) is 11.3. The first-order chi connectivity index (χ1) is 16.8. The van der Waals surface area contributed by atoms with Gasteiger partial charge in [-0.05, 0) is 76.2 Å². The molecule has 180 valence electrons. The average molecular weight is 474 g/mol. The lowest BCUT2D eigenvalue weighted by Gasteiger charge is -2.18. The van der Waals surface area contributed by atoms with Gasteiger partial charge in [-0.3, -0.25) is 4.79 Å². The number of aromatic hydroxyl groups is 1. The standard InChI is InChI=1S/C29H28FNO4/c1-18-23(12-20-13-26(34-3)29(33)27(14-20)35-4)22-11-10-21(30)15-25(22)24(18)16-28(32)31(2)17-19-8-6-5-7-9-19/h5-15,33H,16-17H2,1-4H3/b23-12-. The Hall–Kier alpha value is -4.06. The van der Waals surface area contributed by atoms with Gasteiger partial charge in [0.15, 0.2) is 11.5 Å². The van der Waals surface area contributed by atoms with Crippen LogP contribution in [0.25, 0.3) is 17.2 Å². The molecule has 0 heterocycles. The Bertz CT molecular complexity index is 1300. The minimum absolute atomic E-state index is 0.0485. The van der Waals surface area contributed by atoms with Crippen LogP contribution in [0.2, 0.25) is 0 Å². The first-order valence-corrected chi connectivity index (χ1v) is 11.3. The number of halogens is 1. The number of rotatable bonds is 7. The third-order valence-corrected chi connectivity index (χ3v) is 6.28. The molecule has 1 aliphatic carbocycles. The topological polar surface area (TPSA) is 59.0 Å². The summed E-state index contributed by atoms with van der Waals surface area (Å²) >= 11 is 0. The minimum atomic E-state index is -0.353. The van der Waals surface area contributed by atoms with E-state index < -0.39 is 0 Å². The van der Waals surface area contributed by atoms with Crippen LogP contribution in [0, 0.1) is 5.82 Å². The summed E-state index contributed by atoms with van der Waals surface area (Å²) in [4.78, 5) is 14.8. The number of carbonyl (C=O) groups excluding carboxylic acids is 1. The number of phenolic OH excluding ortho intramolecular Hbond substituents is 1. The van der Waals surface area contributed by atoms with E-state index in [1.807, 2.05) is 43.3 Å². The summed E-state index contributed by atoms with van der Waals surface area (Å²) in [6.45, 7) is 2.44. The van der Waals surface area contributed by atoms with Gasteiger partial charge in [0.1, 0.15) is 5.82 Å². The lowest BCUT2D eigenvalue weighted by Crippen LogP contribution is -2.26. The zero-order chi connectivity index (χ0) is 25.1. The fourth-order valence-corrected chi connectivity index (χ4v) is 4.38. The number of ether oxygens (including phenoxy) is 2. The van der Waals surface area contributed by atoms with Crippen molar-refractivity contribution in [2.75, 3.05) is 21.3 Å². The third-order valence-electron chi connectivity index (χ3n) is 6.28. The summed E-state index contributed by atoms with van der Waals surface area (Å²) in [5.74, 6) is 0.0910. The molecule has 0 saturated heterocycles. The summed E-state index contributed by atoms with van der Waals surface area (Å²) in [5, 5.41) is 10.2. The maximum Gasteiger partial charge on any atom is 0.227 e. The molecule has 3 aromatic carbocycles. The highest BCUT2D eigenvalue weighted by Gasteiger charge is 2.27. The van der Waals surface area contributed by atoms with E-state index in [0.29, 0.717) is 12.1 Å². The van der Waals surface area contributed by atoms with Gasteiger partial charge in [0.05, 0.1) is 20.6 Å². The van der Waals surface area contributed by atoms with Crippen LogP contribution in [0.3, 0.4) is 0 Å². The van der Waals surface area contributed by atoms with Gasteiger partial charge in [-0.25, -0.2) is 4.39 Å². The van der Waals surface area contributed by atoms with Crippen molar-refractivity contribution in [1.82, 2.24) is 4.90 Å². The number of carbonyl (C=O) groups is 1. The van der Waals surface area contributed by atoms with Gasteiger partial charge in [-0.15, -0.1) is 0 Å². The molecular formula is C29H28FNO4. The van der Waals surface area contributed by atoms with Crippen LogP contribution in [-0.4, -0.2) is 37.2 Å². The van der Waals surface area contributed by atoms with E-state index in [0.717, 1.165) is 33.4 Å². The highest BCUT2D eigenvalue weighted by atomic mass is 19.1. The molecule has 0 saturated carbocycles. The molecule has 4 rings (SSSR count). The van der Waals surface area contributed by atoms with Crippen molar-refractivity contribution in [1.29, 1.82) is 0 Å². The molecular weight excluding hydrogens is 445 g/mol. The zero-order valence-electron chi connectivity index (χ0n) is 20.3. The molecule has 5 nitrogen and oxygen atoms in total. The maximum atomic E-state index is 14.2. The quantitative estimate of drug-likeness (QED) is 0.462. The van der Waals surface area contributed by atoms with Gasteiger partial charge in [-0.2, -0.15) is 0 Å². The molecule has 1 N–H and O–H groups in total. The number of hydrogen-bond donors (Lipinski definition) is 1. The van der Waals surface area contributed by atoms with Crippen LogP contribution >= 0.6 is 0 Å². The monoisotopic (exact) mass is 473 g/mol. The predicted molar refractivity (Wildman–Crippen MR) is 136 cm³/mol. The number of amides is 1. The Kier molecular flexibility index (Phi) is 6.92. The van der Waals surface area contributed by atoms with E-state index in [2.05, 4.69) is 0 Å². The Morgan fingerprint density at radius 1 is 1.00 bits per heavy atom. The summed E-state index contributed by atoms with van der Waals surface area (Å²) in [7, 11) is 4.72. The van der Waals surface area contributed by atoms with Crippen molar-refractivity contribution in [3.05, 3.63) is 94.3 Å². The Labute approximate surface area is 204 Å². The molecule has 1 amide bonds. The number of hydrogen-bond acceptors (Lipinski definition) is 4. The van der Waals surface area contributed by atoms with Crippen LogP contribution in [0.4, 0.5) is 4.39 Å². The summed E-state index contributed by atoms with van der Waals surface area (Å²) < 4.78 is 24.8. The van der Waals surface area contributed by atoms with Crippen LogP contribution in [0.5, 0.6) is 17.2 Å². The minimum Gasteiger partial charge on any atom is -0.502 e. The van der Waals surface area contributed by atoms with E-state index in [-0.39, 0.29) is 35.4 Å². The van der Waals surface area contributed by atoms with E-state index >= 15 is 0 Å². The van der Waals surface area contributed by atoms with Crippen molar-refractivity contribution >= 4 is 23.1 Å². The number of allylic oxidation sites excluding steroid dienone is 2. The third kappa shape index (κ3) is 4.92. The Morgan fingerprint density at radius 3 is 2.29 bits per heavy atom. The van der Waals surface area contributed by atoms with Crippen LogP contribution in [0.15, 0.2) is 66.2 Å². The number of benzene rings is 3. The highest BCUT2D eigenvalue weighted by molar-refractivity contribution is 6.08. The average Bonchev–Trinajstić information content (AvgIpc) is 3.10. The molecule has 0 aliphatic heterocycles. The number of phenols is 1. The summed E-state index contributed by atoms with van der Waals surface area (Å²) in [6, 6.07) is 17.8. The molecule has 35 heavy (non-hydrogen) atoms. The zero-order valence-corrected chi connectivity index (χ0v) is 20.3. The SMILES string of the molecule is COc1cc(/C=C2/C(C)=C(CC(=O)N(C)Cc3ccccc3)c3cc(F)ccc32)cc(OC)c1O. The van der Waals surface area contributed by atoms with E-state index in [1.165, 1.54) is 26.4 Å². The normalized spacial score (nSPS) is 13.7. The highest BCUT2D eigenvalue weighted by Crippen LogP contribution is 2.45. The smallest absolute Gasteiger partial charge is 0.227 e. The van der Waals surface area contributed by atoms with Crippen LogP contribution < -0.4 is 9.47 Å². The van der Waals surface area contributed by atoms with E-state index in [1.54, 1.807) is 30.1 Å². The van der Waals surface area contributed by atoms with Crippen molar-refractivity contribution in [2.24, 2.45) is 0 Å². The van der Waals surface area contributed by atoms with Crippen LogP contribution in [-0.2, 0) is 11.3 Å². The van der Waals surface area contributed by atoms with E-state index in [4.69, 9.17) is 9.47 Å². The van der Waals surface area contributed by atoms with Gasteiger partial charge in [0.25, 0.3) is 0 Å². The lowest BCUT2D eigenvalue weighted by atomic mass is 10.00. The number of methoxy groups -OCH3 is 2. The number of fused-ring (bicyclic) bond motifs is 1. The molecule has 1 aliphatic rings. The molecule has 0 spiro atoms. The molecule has 0 fully saturated rings. The van der Waals surface area contributed by atoms with Gasteiger partial charge < -0.3 is 19.5 Å². The second kappa shape index (κ2) is 10.1. The maximum absolute atomic E-state index is 14.2. The van der Waals surface area contributed by atoms with Crippen molar-refractivity contribution in [3.8, 4) is 17.2 Å². The molecule has 0 unspecified atom stereocenters. The molecule has 3 aromatic rings. The summed E-state index contributed by atoms with van der Waals surface area (Å²) in [5.41, 5.74) is 5.93. The molecule has 0 aromatic heterocycles. The fraction of sp³-hybridized carbons (Fsp3) is 0.207. The Morgan fingerprint density at radius 2 is 1.66 bits per heavy atom. The number of nitrogens with zero attached hydrogens (tertiary/aromatic N) is 1. The molecule has 0 radical (unpaired) electrons. The largest absolute Gasteiger partial charge is 0.502 e. The van der Waals surface area contributed by atoms with Gasteiger partial charge >= 0.3 is 0 Å². The van der Waals surface area contributed by atoms with Crippen molar-refractivity contribution in [3.63, 3.8) is 0 Å². The van der Waals surface area contributed by atoms with E-state index in [9.17, 15) is 14.3 Å². The van der Waals surface area contributed by atoms with Crippen molar-refractivity contribution < 1.29 is 23.8 Å².